The molecule has 0 saturated carbocycles. The van der Waals surface area contributed by atoms with E-state index in [1.807, 2.05) is 4.90 Å². The smallest absolute Gasteiger partial charge is 0.146 e. The summed E-state index contributed by atoms with van der Waals surface area (Å²) in [6.07, 6.45) is 0.909. The summed E-state index contributed by atoms with van der Waals surface area (Å²) in [5.41, 5.74) is 6.31. The van der Waals surface area contributed by atoms with Gasteiger partial charge in [-0.1, -0.05) is 11.6 Å². The largest absolute Gasteiger partial charge is 0.368 e. The zero-order valence-corrected chi connectivity index (χ0v) is 8.47. The molecule has 4 heteroatoms. The molecule has 2 N–H and O–H groups in total. The zero-order chi connectivity index (χ0) is 10.1. The van der Waals surface area contributed by atoms with Crippen molar-refractivity contribution in [2.75, 3.05) is 18.0 Å². The lowest BCUT2D eigenvalue weighted by Crippen LogP contribution is -2.26. The van der Waals surface area contributed by atoms with Gasteiger partial charge in [0.05, 0.1) is 5.69 Å². The van der Waals surface area contributed by atoms with Crippen molar-refractivity contribution in [3.05, 3.63) is 29.0 Å². The van der Waals surface area contributed by atoms with Gasteiger partial charge in [0.2, 0.25) is 0 Å². The van der Waals surface area contributed by atoms with Gasteiger partial charge in [-0.15, -0.1) is 0 Å². The second-order valence-electron chi connectivity index (χ2n) is 3.59. The molecule has 2 nitrogen and oxygen atoms in total. The van der Waals surface area contributed by atoms with Crippen LogP contribution in [0.1, 0.15) is 6.42 Å². The number of halogens is 2. The third-order valence-electron chi connectivity index (χ3n) is 2.47. The van der Waals surface area contributed by atoms with Gasteiger partial charge in [-0.25, -0.2) is 4.39 Å². The molecule has 1 aromatic rings. The second kappa shape index (κ2) is 3.75. The highest BCUT2D eigenvalue weighted by Crippen LogP contribution is 2.26. The number of benzene rings is 1. The van der Waals surface area contributed by atoms with E-state index in [9.17, 15) is 4.39 Å². The van der Waals surface area contributed by atoms with E-state index >= 15 is 0 Å². The quantitative estimate of drug-likeness (QED) is 0.775. The maximum Gasteiger partial charge on any atom is 0.146 e. The summed E-state index contributed by atoms with van der Waals surface area (Å²) in [6.45, 7) is 1.51. The predicted octanol–water partition coefficient (Wildman–Crippen LogP) is 2.02. The van der Waals surface area contributed by atoms with Gasteiger partial charge in [-0.3, -0.25) is 0 Å². The van der Waals surface area contributed by atoms with Crippen LogP contribution in [0.25, 0.3) is 0 Å². The SMILES string of the molecule is NC1CCN(c2cc(Cl)ccc2F)C1. The average molecular weight is 215 g/mol. The van der Waals surface area contributed by atoms with Crippen LogP contribution in [0.15, 0.2) is 18.2 Å². The van der Waals surface area contributed by atoms with Gasteiger partial charge >= 0.3 is 0 Å². The Morgan fingerprint density at radius 2 is 2.29 bits per heavy atom. The first-order valence-electron chi connectivity index (χ1n) is 4.62. The molecule has 0 spiro atoms. The minimum Gasteiger partial charge on any atom is -0.368 e. The van der Waals surface area contributed by atoms with E-state index < -0.39 is 0 Å². The van der Waals surface area contributed by atoms with Crippen molar-refractivity contribution in [3.8, 4) is 0 Å². The van der Waals surface area contributed by atoms with Crippen LogP contribution < -0.4 is 10.6 Å². The van der Waals surface area contributed by atoms with Gasteiger partial charge in [-0.2, -0.15) is 0 Å². The lowest BCUT2D eigenvalue weighted by molar-refractivity contribution is 0.622. The molecule has 0 aliphatic carbocycles. The van der Waals surface area contributed by atoms with Gasteiger partial charge < -0.3 is 10.6 Å². The molecule has 1 fully saturated rings. The number of nitrogens with two attached hydrogens (primary N) is 1. The van der Waals surface area contributed by atoms with E-state index in [4.69, 9.17) is 17.3 Å². The summed E-state index contributed by atoms with van der Waals surface area (Å²) in [4.78, 5) is 1.94. The van der Waals surface area contributed by atoms with Crippen LogP contribution in [-0.4, -0.2) is 19.1 Å². The summed E-state index contributed by atoms with van der Waals surface area (Å²) in [6, 6.07) is 4.74. The standard InChI is InChI=1S/C10H12ClFN2/c11-7-1-2-9(12)10(5-7)14-4-3-8(13)6-14/h1-2,5,8H,3-4,6,13H2. The third-order valence-corrected chi connectivity index (χ3v) is 2.71. The van der Waals surface area contributed by atoms with Gasteiger partial charge in [0, 0.05) is 24.2 Å². The number of nitrogens with zero attached hydrogens (tertiary/aromatic N) is 1. The van der Waals surface area contributed by atoms with Crippen LogP contribution in [-0.2, 0) is 0 Å². The minimum atomic E-state index is -0.233. The maximum atomic E-state index is 13.4. The van der Waals surface area contributed by atoms with Crippen LogP contribution in [0.4, 0.5) is 10.1 Å². The van der Waals surface area contributed by atoms with Crippen molar-refractivity contribution in [1.82, 2.24) is 0 Å². The summed E-state index contributed by atoms with van der Waals surface area (Å²) in [7, 11) is 0. The van der Waals surface area contributed by atoms with Crippen molar-refractivity contribution in [3.63, 3.8) is 0 Å². The first kappa shape index (κ1) is 9.74. The Kier molecular flexibility index (Phi) is 2.61. The fraction of sp³-hybridized carbons (Fsp3) is 0.400. The van der Waals surface area contributed by atoms with Crippen molar-refractivity contribution in [2.45, 2.75) is 12.5 Å². The summed E-state index contributed by atoms with van der Waals surface area (Å²) < 4.78 is 13.4. The molecule has 14 heavy (non-hydrogen) atoms. The molecule has 1 unspecified atom stereocenters. The molecule has 0 amide bonds. The lowest BCUT2D eigenvalue weighted by atomic mass is 10.3. The van der Waals surface area contributed by atoms with Crippen molar-refractivity contribution in [2.24, 2.45) is 5.73 Å². The van der Waals surface area contributed by atoms with Gasteiger partial charge in [0.15, 0.2) is 0 Å². The number of hydrogen-bond acceptors (Lipinski definition) is 2. The van der Waals surface area contributed by atoms with Crippen LogP contribution in [0.5, 0.6) is 0 Å². The van der Waals surface area contributed by atoms with Crippen LogP contribution >= 0.6 is 11.6 Å². The van der Waals surface area contributed by atoms with Crippen molar-refractivity contribution in [1.29, 1.82) is 0 Å². The van der Waals surface area contributed by atoms with Crippen LogP contribution in [0.2, 0.25) is 5.02 Å². The fourth-order valence-electron chi connectivity index (χ4n) is 1.73. The molecule has 1 heterocycles. The first-order chi connectivity index (χ1) is 6.66. The molecular weight excluding hydrogens is 203 g/mol. The zero-order valence-electron chi connectivity index (χ0n) is 7.71. The number of anilines is 1. The van der Waals surface area contributed by atoms with Crippen molar-refractivity contribution >= 4 is 17.3 Å². The molecule has 1 aliphatic rings. The molecular formula is C10H12ClFN2. The predicted molar refractivity (Wildman–Crippen MR) is 56.2 cm³/mol. The fourth-order valence-corrected chi connectivity index (χ4v) is 1.90. The first-order valence-corrected chi connectivity index (χ1v) is 5.00. The van der Waals surface area contributed by atoms with Gasteiger partial charge in [-0.05, 0) is 24.6 Å². The maximum absolute atomic E-state index is 13.4. The highest BCUT2D eigenvalue weighted by atomic mass is 35.5. The molecule has 1 aliphatic heterocycles. The topological polar surface area (TPSA) is 29.3 Å². The molecule has 0 bridgehead atoms. The van der Waals surface area contributed by atoms with E-state index in [-0.39, 0.29) is 11.9 Å². The highest BCUT2D eigenvalue weighted by molar-refractivity contribution is 6.30. The monoisotopic (exact) mass is 214 g/mol. The van der Waals surface area contributed by atoms with Crippen LogP contribution in [0, 0.1) is 5.82 Å². The Hall–Kier alpha value is -0.800. The van der Waals surface area contributed by atoms with E-state index in [1.54, 1.807) is 12.1 Å². The van der Waals surface area contributed by atoms with E-state index in [2.05, 4.69) is 0 Å². The molecule has 2 rings (SSSR count). The lowest BCUT2D eigenvalue weighted by Gasteiger charge is -2.18. The van der Waals surface area contributed by atoms with Gasteiger partial charge in [0.25, 0.3) is 0 Å². The summed E-state index contributed by atoms with van der Waals surface area (Å²) in [5, 5.41) is 0.557. The van der Waals surface area contributed by atoms with E-state index in [0.717, 1.165) is 13.0 Å². The normalized spacial score (nSPS) is 21.6. The molecule has 0 aromatic heterocycles. The van der Waals surface area contributed by atoms with Crippen LogP contribution in [0.3, 0.4) is 0 Å². The third kappa shape index (κ3) is 1.83. The Labute approximate surface area is 87.5 Å². The van der Waals surface area contributed by atoms with Gasteiger partial charge in [0.1, 0.15) is 5.82 Å². The number of rotatable bonds is 1. The number of hydrogen-bond donors (Lipinski definition) is 1. The highest BCUT2D eigenvalue weighted by Gasteiger charge is 2.21. The Bertz CT molecular complexity index is 343. The molecule has 1 atom stereocenters. The molecule has 1 aromatic carbocycles. The Morgan fingerprint density at radius 1 is 1.50 bits per heavy atom. The van der Waals surface area contributed by atoms with Crippen molar-refractivity contribution < 1.29 is 4.39 Å². The molecule has 1 saturated heterocycles. The Morgan fingerprint density at radius 3 is 2.93 bits per heavy atom. The minimum absolute atomic E-state index is 0.147. The summed E-state index contributed by atoms with van der Waals surface area (Å²) in [5.74, 6) is -0.233. The van der Waals surface area contributed by atoms with E-state index in [0.29, 0.717) is 17.3 Å². The molecule has 0 radical (unpaired) electrons. The Balaban J connectivity index is 2.27. The molecule has 76 valence electrons. The summed E-state index contributed by atoms with van der Waals surface area (Å²) >= 11 is 5.81. The van der Waals surface area contributed by atoms with E-state index in [1.165, 1.54) is 6.07 Å². The second-order valence-corrected chi connectivity index (χ2v) is 4.03. The average Bonchev–Trinajstić information content (AvgIpc) is 2.56.